The maximum Gasteiger partial charge on any atom is 0.255 e. The van der Waals surface area contributed by atoms with Crippen molar-refractivity contribution < 1.29 is 14.1 Å². The van der Waals surface area contributed by atoms with Crippen molar-refractivity contribution in [1.82, 2.24) is 19.9 Å². The molecule has 1 N–H and O–H groups in total. The highest BCUT2D eigenvalue weighted by Gasteiger charge is 2.29. The first kappa shape index (κ1) is 20.3. The van der Waals surface area contributed by atoms with Crippen LogP contribution in [0, 0.1) is 13.8 Å². The van der Waals surface area contributed by atoms with Gasteiger partial charge in [-0.05, 0) is 46.3 Å². The largest absolute Gasteiger partial charge is 0.361 e. The maximum atomic E-state index is 13.1. The molecule has 2 amide bonds. The summed E-state index contributed by atoms with van der Waals surface area (Å²) < 4.78 is 5.24. The summed E-state index contributed by atoms with van der Waals surface area (Å²) in [7, 11) is 3.92. The Hall–Kier alpha value is -2.94. The fraction of sp³-hybridized carbons (Fsp3) is 0.524. The van der Waals surface area contributed by atoms with Crippen LogP contribution in [0.1, 0.15) is 40.2 Å². The fourth-order valence-corrected chi connectivity index (χ4v) is 4.19. The zero-order valence-electron chi connectivity index (χ0n) is 17.9. The maximum absolute atomic E-state index is 13.1. The van der Waals surface area contributed by atoms with E-state index in [2.05, 4.69) is 27.4 Å². The first-order valence-corrected chi connectivity index (χ1v) is 10.3. The summed E-state index contributed by atoms with van der Waals surface area (Å²) in [5, 5.41) is 7.02. The third kappa shape index (κ3) is 3.77. The van der Waals surface area contributed by atoms with Gasteiger partial charge in [0.1, 0.15) is 5.76 Å². The summed E-state index contributed by atoms with van der Waals surface area (Å²) >= 11 is 0. The Balaban J connectivity index is 1.58. The van der Waals surface area contributed by atoms with Crippen LogP contribution in [0.15, 0.2) is 16.8 Å². The molecule has 0 aromatic carbocycles. The highest BCUT2D eigenvalue weighted by Crippen LogP contribution is 2.31. The van der Waals surface area contributed by atoms with E-state index >= 15 is 0 Å². The second-order valence-corrected chi connectivity index (χ2v) is 8.19. The van der Waals surface area contributed by atoms with Crippen LogP contribution in [0.3, 0.4) is 0 Å². The Morgan fingerprint density at radius 3 is 2.87 bits per heavy atom. The number of pyridine rings is 1. The Kier molecular flexibility index (Phi) is 5.46. The van der Waals surface area contributed by atoms with Crippen molar-refractivity contribution in [2.45, 2.75) is 39.3 Å². The Bertz CT molecular complexity index is 952. The van der Waals surface area contributed by atoms with Crippen LogP contribution in [0.5, 0.6) is 0 Å². The van der Waals surface area contributed by atoms with Gasteiger partial charge in [0.15, 0.2) is 5.82 Å². The molecule has 4 heterocycles. The summed E-state index contributed by atoms with van der Waals surface area (Å²) in [6, 6.07) is 2.13. The van der Waals surface area contributed by atoms with Crippen molar-refractivity contribution in [3.05, 3.63) is 34.8 Å². The second-order valence-electron chi connectivity index (χ2n) is 8.19. The van der Waals surface area contributed by atoms with Crippen LogP contribution in [0.4, 0.5) is 11.5 Å². The summed E-state index contributed by atoms with van der Waals surface area (Å²) in [6.07, 6.45) is 3.83. The fourth-order valence-electron chi connectivity index (χ4n) is 4.19. The number of carbonyl (C=O) groups excluding carboxylic acids is 2. The topological polar surface area (TPSA) is 94.8 Å². The van der Waals surface area contributed by atoms with E-state index in [1.165, 1.54) is 0 Å². The summed E-state index contributed by atoms with van der Waals surface area (Å²) in [6.45, 7) is 5.91. The lowest BCUT2D eigenvalue weighted by Crippen LogP contribution is -2.41. The molecular formula is C21H28N6O3. The van der Waals surface area contributed by atoms with Gasteiger partial charge in [-0.25, -0.2) is 4.98 Å². The lowest BCUT2D eigenvalue weighted by atomic mass is 10.1. The number of nitrogens with zero attached hydrogens (tertiary/aromatic N) is 5. The van der Waals surface area contributed by atoms with E-state index in [0.29, 0.717) is 42.0 Å². The normalized spacial score (nSPS) is 19.0. The summed E-state index contributed by atoms with van der Waals surface area (Å²) in [4.78, 5) is 35.8. The number of amides is 2. The van der Waals surface area contributed by atoms with Gasteiger partial charge in [-0.15, -0.1) is 0 Å². The van der Waals surface area contributed by atoms with E-state index in [1.807, 2.05) is 20.9 Å². The number of likely N-dealkylation sites (N-methyl/N-ethyl adjacent to an activating group) is 2. The minimum atomic E-state index is -0.0964. The number of aryl methyl sites for hydroxylation is 2. The molecule has 160 valence electrons. The van der Waals surface area contributed by atoms with Crippen molar-refractivity contribution in [2.24, 2.45) is 0 Å². The van der Waals surface area contributed by atoms with Gasteiger partial charge in [0, 0.05) is 31.4 Å². The molecule has 2 aliphatic rings. The number of anilines is 2. The molecule has 2 aliphatic heterocycles. The molecule has 9 nitrogen and oxygen atoms in total. The average Bonchev–Trinajstić information content (AvgIpc) is 3.28. The van der Waals surface area contributed by atoms with Gasteiger partial charge in [0.25, 0.3) is 5.91 Å². The first-order valence-electron chi connectivity index (χ1n) is 10.3. The average molecular weight is 412 g/mol. The standard InChI is InChI=1S/C21H28N6O3/c1-13-17(14(2)30-24-13)12-27-18-8-15(9-22-20(18)23-10-19(27)28)21(29)26(4)11-16-6-5-7-25(16)3/h8-9,16H,5-7,10-12H2,1-4H3,(H,22,23). The van der Waals surface area contributed by atoms with E-state index in [-0.39, 0.29) is 18.4 Å². The summed E-state index contributed by atoms with van der Waals surface area (Å²) in [5.74, 6) is 1.09. The third-order valence-electron chi connectivity index (χ3n) is 6.11. The molecule has 2 aromatic rings. The smallest absolute Gasteiger partial charge is 0.255 e. The number of aromatic nitrogens is 2. The van der Waals surface area contributed by atoms with Crippen molar-refractivity contribution in [1.29, 1.82) is 0 Å². The third-order valence-corrected chi connectivity index (χ3v) is 6.11. The summed E-state index contributed by atoms with van der Waals surface area (Å²) in [5.41, 5.74) is 2.69. The first-order chi connectivity index (χ1) is 14.3. The highest BCUT2D eigenvalue weighted by molar-refractivity contribution is 6.04. The minimum Gasteiger partial charge on any atom is -0.361 e. The highest BCUT2D eigenvalue weighted by atomic mass is 16.5. The molecule has 1 atom stereocenters. The van der Waals surface area contributed by atoms with E-state index in [0.717, 1.165) is 30.6 Å². The molecular weight excluding hydrogens is 384 g/mol. The SMILES string of the molecule is Cc1noc(C)c1CN1C(=O)CNc2ncc(C(=O)N(C)CC3CCCN3C)cc21. The van der Waals surface area contributed by atoms with Crippen LogP contribution in [-0.4, -0.2) is 71.5 Å². The molecule has 0 aliphatic carbocycles. The minimum absolute atomic E-state index is 0.0881. The van der Waals surface area contributed by atoms with Gasteiger partial charge in [-0.3, -0.25) is 9.59 Å². The molecule has 30 heavy (non-hydrogen) atoms. The molecule has 0 saturated carbocycles. The second kappa shape index (κ2) is 8.06. The molecule has 0 radical (unpaired) electrons. The van der Waals surface area contributed by atoms with Crippen LogP contribution < -0.4 is 10.2 Å². The lowest BCUT2D eigenvalue weighted by Gasteiger charge is -2.30. The van der Waals surface area contributed by atoms with Gasteiger partial charge in [-0.1, -0.05) is 5.16 Å². The number of hydrogen-bond acceptors (Lipinski definition) is 7. The molecule has 1 saturated heterocycles. The molecule has 0 spiro atoms. The predicted octanol–water partition coefficient (Wildman–Crippen LogP) is 1.81. The molecule has 0 bridgehead atoms. The molecule has 1 unspecified atom stereocenters. The van der Waals surface area contributed by atoms with E-state index < -0.39 is 0 Å². The van der Waals surface area contributed by atoms with Gasteiger partial charge < -0.3 is 24.5 Å². The number of nitrogens with one attached hydrogen (secondary N) is 1. The van der Waals surface area contributed by atoms with Gasteiger partial charge in [0.2, 0.25) is 5.91 Å². The zero-order chi connectivity index (χ0) is 21.4. The van der Waals surface area contributed by atoms with E-state index in [1.54, 1.807) is 22.1 Å². The molecule has 2 aromatic heterocycles. The van der Waals surface area contributed by atoms with Crippen molar-refractivity contribution in [2.75, 3.05) is 43.9 Å². The quantitative estimate of drug-likeness (QED) is 0.800. The van der Waals surface area contributed by atoms with E-state index in [4.69, 9.17) is 4.52 Å². The number of carbonyl (C=O) groups is 2. The number of likely N-dealkylation sites (tertiary alicyclic amines) is 1. The number of rotatable bonds is 5. The Morgan fingerprint density at radius 1 is 1.40 bits per heavy atom. The van der Waals surface area contributed by atoms with Crippen LogP contribution in [0.2, 0.25) is 0 Å². The predicted molar refractivity (Wildman–Crippen MR) is 113 cm³/mol. The lowest BCUT2D eigenvalue weighted by molar-refractivity contribution is -0.117. The number of fused-ring (bicyclic) bond motifs is 1. The number of hydrogen-bond donors (Lipinski definition) is 1. The molecule has 4 rings (SSSR count). The van der Waals surface area contributed by atoms with Crippen LogP contribution in [0.25, 0.3) is 0 Å². The Morgan fingerprint density at radius 2 is 2.20 bits per heavy atom. The zero-order valence-corrected chi connectivity index (χ0v) is 17.9. The van der Waals surface area contributed by atoms with Crippen molar-refractivity contribution >= 4 is 23.3 Å². The van der Waals surface area contributed by atoms with Crippen LogP contribution in [-0.2, 0) is 11.3 Å². The van der Waals surface area contributed by atoms with Crippen molar-refractivity contribution in [3.63, 3.8) is 0 Å². The van der Waals surface area contributed by atoms with Crippen LogP contribution >= 0.6 is 0 Å². The van der Waals surface area contributed by atoms with Gasteiger partial charge in [-0.2, -0.15) is 0 Å². The molecule has 1 fully saturated rings. The van der Waals surface area contributed by atoms with Crippen molar-refractivity contribution in [3.8, 4) is 0 Å². The molecule has 9 heteroatoms. The monoisotopic (exact) mass is 412 g/mol. The van der Waals surface area contributed by atoms with Gasteiger partial charge in [0.05, 0.1) is 30.0 Å². The van der Waals surface area contributed by atoms with Gasteiger partial charge >= 0.3 is 0 Å². The Labute approximate surface area is 176 Å². The van der Waals surface area contributed by atoms with E-state index in [9.17, 15) is 9.59 Å².